The van der Waals surface area contributed by atoms with Gasteiger partial charge >= 0.3 is 5.97 Å². The van der Waals surface area contributed by atoms with Gasteiger partial charge in [0.1, 0.15) is 5.75 Å². The van der Waals surface area contributed by atoms with E-state index in [1.54, 1.807) is 18.4 Å². The number of anilines is 1. The van der Waals surface area contributed by atoms with Gasteiger partial charge in [-0.3, -0.25) is 14.2 Å². The monoisotopic (exact) mass is 487 g/mol. The van der Waals surface area contributed by atoms with Crippen LogP contribution in [0.1, 0.15) is 19.5 Å². The van der Waals surface area contributed by atoms with Crippen LogP contribution in [0.25, 0.3) is 11.4 Å². The fraction of sp³-hybridized carbons (Fsp3) is 0.318. The van der Waals surface area contributed by atoms with E-state index in [1.165, 1.54) is 23.1 Å². The third-order valence-corrected chi connectivity index (χ3v) is 5.99. The van der Waals surface area contributed by atoms with Crippen LogP contribution < -0.4 is 10.1 Å². The van der Waals surface area contributed by atoms with Gasteiger partial charge in [0.05, 0.1) is 31.1 Å². The van der Waals surface area contributed by atoms with Gasteiger partial charge in [-0.2, -0.15) is 0 Å². The minimum atomic E-state index is -0.346. The van der Waals surface area contributed by atoms with Gasteiger partial charge in [-0.15, -0.1) is 28.1 Å². The highest BCUT2D eigenvalue weighted by Crippen LogP contribution is 2.26. The van der Waals surface area contributed by atoms with Gasteiger partial charge in [-0.05, 0) is 38.1 Å². The van der Waals surface area contributed by atoms with E-state index in [9.17, 15) is 9.59 Å². The summed E-state index contributed by atoms with van der Waals surface area (Å²) >= 11 is 2.53. The Morgan fingerprint density at radius 3 is 2.70 bits per heavy atom. The maximum absolute atomic E-state index is 12.4. The van der Waals surface area contributed by atoms with Gasteiger partial charge in [0.15, 0.2) is 16.1 Å². The Hall–Kier alpha value is -3.18. The maximum Gasteiger partial charge on any atom is 0.311 e. The fourth-order valence-corrected chi connectivity index (χ4v) is 4.33. The molecule has 33 heavy (non-hydrogen) atoms. The Kier molecular flexibility index (Phi) is 9.02. The average Bonchev–Trinajstić information content (AvgIpc) is 3.40. The van der Waals surface area contributed by atoms with Gasteiger partial charge in [-0.25, -0.2) is 4.98 Å². The van der Waals surface area contributed by atoms with Crippen molar-refractivity contribution in [2.45, 2.75) is 32.0 Å². The first-order valence-corrected chi connectivity index (χ1v) is 12.2. The summed E-state index contributed by atoms with van der Waals surface area (Å²) in [4.78, 5) is 28.2. The zero-order valence-corrected chi connectivity index (χ0v) is 20.1. The van der Waals surface area contributed by atoms with Crippen molar-refractivity contribution in [2.75, 3.05) is 24.3 Å². The topological polar surface area (TPSA) is 108 Å². The Balaban J connectivity index is 1.61. The van der Waals surface area contributed by atoms with E-state index >= 15 is 0 Å². The lowest BCUT2D eigenvalue weighted by Crippen LogP contribution is -2.15. The number of carbonyl (C=O) groups excluding carboxylic acids is 2. The molecule has 0 bridgehead atoms. The van der Waals surface area contributed by atoms with Gasteiger partial charge in [-0.1, -0.05) is 17.8 Å². The van der Waals surface area contributed by atoms with Crippen LogP contribution in [0.3, 0.4) is 0 Å². The molecule has 0 radical (unpaired) electrons. The molecule has 2 aromatic heterocycles. The largest absolute Gasteiger partial charge is 0.494 e. The number of rotatable bonds is 12. The van der Waals surface area contributed by atoms with Crippen LogP contribution in [0.15, 0.2) is 47.5 Å². The number of hydrogen-bond acceptors (Lipinski definition) is 9. The van der Waals surface area contributed by atoms with Crippen molar-refractivity contribution < 1.29 is 19.1 Å². The fourth-order valence-electron chi connectivity index (χ4n) is 2.86. The quantitative estimate of drug-likeness (QED) is 0.233. The van der Waals surface area contributed by atoms with Crippen LogP contribution >= 0.6 is 23.1 Å². The van der Waals surface area contributed by atoms with Crippen molar-refractivity contribution in [3.63, 3.8) is 0 Å². The number of carbonyl (C=O) groups is 2. The molecular formula is C22H25N5O4S2. The molecule has 9 nitrogen and oxygen atoms in total. The van der Waals surface area contributed by atoms with E-state index in [2.05, 4.69) is 27.1 Å². The SMILES string of the molecule is C=CCn1c(SCC(=O)Nc2nc(CC(=O)OCC)cs2)nnc1-c1ccc(OCC)cc1. The number of nitrogens with zero attached hydrogens (tertiary/aromatic N) is 4. The lowest BCUT2D eigenvalue weighted by Gasteiger charge is -2.08. The minimum absolute atomic E-state index is 0.0773. The first kappa shape index (κ1) is 24.5. The van der Waals surface area contributed by atoms with Crippen molar-refractivity contribution >= 4 is 40.1 Å². The normalized spacial score (nSPS) is 10.6. The van der Waals surface area contributed by atoms with E-state index in [1.807, 2.05) is 35.8 Å². The molecule has 1 amide bonds. The maximum atomic E-state index is 12.4. The number of thioether (sulfide) groups is 1. The number of ether oxygens (including phenoxy) is 2. The number of nitrogens with one attached hydrogen (secondary N) is 1. The second kappa shape index (κ2) is 12.2. The molecule has 0 spiro atoms. The molecular weight excluding hydrogens is 462 g/mol. The van der Waals surface area contributed by atoms with Crippen LogP contribution in [0.4, 0.5) is 5.13 Å². The standard InChI is InChI=1S/C22H25N5O4S2/c1-4-11-27-20(15-7-9-17(10-8-15)30-5-2)25-26-22(27)33-14-18(28)24-21-23-16(13-32-21)12-19(29)31-6-3/h4,7-10,13H,1,5-6,11-12,14H2,2-3H3,(H,23,24,28). The molecule has 1 aromatic carbocycles. The van der Waals surface area contributed by atoms with Gasteiger partial charge < -0.3 is 14.8 Å². The molecule has 0 unspecified atom stereocenters. The smallest absolute Gasteiger partial charge is 0.311 e. The Morgan fingerprint density at radius 1 is 1.21 bits per heavy atom. The van der Waals surface area contributed by atoms with Crippen molar-refractivity contribution in [2.24, 2.45) is 0 Å². The van der Waals surface area contributed by atoms with Gasteiger partial charge in [0, 0.05) is 17.5 Å². The number of hydrogen-bond donors (Lipinski definition) is 1. The zero-order chi connectivity index (χ0) is 23.6. The summed E-state index contributed by atoms with van der Waals surface area (Å²) in [5.74, 6) is 1.03. The summed E-state index contributed by atoms with van der Waals surface area (Å²) in [7, 11) is 0. The van der Waals surface area contributed by atoms with E-state index in [0.717, 1.165) is 11.3 Å². The molecule has 0 saturated heterocycles. The molecule has 3 aromatic rings. The van der Waals surface area contributed by atoms with Crippen LogP contribution in [0.2, 0.25) is 0 Å². The molecule has 1 N–H and O–H groups in total. The van der Waals surface area contributed by atoms with E-state index in [-0.39, 0.29) is 24.1 Å². The number of amides is 1. The first-order chi connectivity index (χ1) is 16.0. The molecule has 0 aliphatic carbocycles. The molecule has 0 saturated carbocycles. The second-order valence-corrected chi connectivity index (χ2v) is 8.43. The molecule has 0 aliphatic heterocycles. The summed E-state index contributed by atoms with van der Waals surface area (Å²) in [6.45, 7) is 8.92. The Labute approximate surface area is 200 Å². The lowest BCUT2D eigenvalue weighted by atomic mass is 10.2. The highest BCUT2D eigenvalue weighted by Gasteiger charge is 2.16. The molecule has 3 rings (SSSR count). The first-order valence-electron chi connectivity index (χ1n) is 10.3. The van der Waals surface area contributed by atoms with Gasteiger partial charge in [0.2, 0.25) is 5.91 Å². The highest BCUT2D eigenvalue weighted by molar-refractivity contribution is 7.99. The Morgan fingerprint density at radius 2 is 2.00 bits per heavy atom. The third kappa shape index (κ3) is 6.90. The Bertz CT molecular complexity index is 1090. The molecule has 0 atom stereocenters. The summed E-state index contributed by atoms with van der Waals surface area (Å²) in [6, 6.07) is 7.62. The van der Waals surface area contributed by atoms with E-state index < -0.39 is 0 Å². The lowest BCUT2D eigenvalue weighted by molar-refractivity contribution is -0.142. The van der Waals surface area contributed by atoms with Crippen LogP contribution in [0, 0.1) is 0 Å². The number of benzene rings is 1. The van der Waals surface area contributed by atoms with Gasteiger partial charge in [0.25, 0.3) is 0 Å². The molecule has 174 valence electrons. The van der Waals surface area contributed by atoms with E-state index in [4.69, 9.17) is 9.47 Å². The summed E-state index contributed by atoms with van der Waals surface area (Å²) in [5.41, 5.74) is 1.45. The molecule has 0 aliphatic rings. The van der Waals surface area contributed by atoms with Crippen LogP contribution in [-0.2, 0) is 27.3 Å². The zero-order valence-electron chi connectivity index (χ0n) is 18.4. The molecule has 11 heteroatoms. The third-order valence-electron chi connectivity index (χ3n) is 4.21. The van der Waals surface area contributed by atoms with Crippen molar-refractivity contribution in [3.8, 4) is 17.1 Å². The number of thiazole rings is 1. The van der Waals surface area contributed by atoms with Crippen molar-refractivity contribution in [1.82, 2.24) is 19.7 Å². The average molecular weight is 488 g/mol. The predicted octanol–water partition coefficient (Wildman–Crippen LogP) is 3.82. The van der Waals surface area contributed by atoms with Crippen molar-refractivity contribution in [1.29, 1.82) is 0 Å². The predicted molar refractivity (Wildman–Crippen MR) is 129 cm³/mol. The molecule has 0 fully saturated rings. The second-order valence-electron chi connectivity index (χ2n) is 6.63. The number of allylic oxidation sites excluding steroid dienone is 1. The molecule has 2 heterocycles. The summed E-state index contributed by atoms with van der Waals surface area (Å²) in [5, 5.41) is 14.1. The van der Waals surface area contributed by atoms with Crippen LogP contribution in [-0.4, -0.2) is 50.6 Å². The summed E-state index contributed by atoms with van der Waals surface area (Å²) < 4.78 is 12.3. The van der Waals surface area contributed by atoms with E-state index in [0.29, 0.717) is 41.6 Å². The highest BCUT2D eigenvalue weighted by atomic mass is 32.2. The summed E-state index contributed by atoms with van der Waals surface area (Å²) in [6.07, 6.45) is 1.83. The van der Waals surface area contributed by atoms with Crippen molar-refractivity contribution in [3.05, 3.63) is 48.0 Å². The minimum Gasteiger partial charge on any atom is -0.494 e. The number of esters is 1. The number of aromatic nitrogens is 4. The van der Waals surface area contributed by atoms with Crippen LogP contribution in [0.5, 0.6) is 5.75 Å².